The van der Waals surface area contributed by atoms with E-state index in [1.165, 1.54) is 19.4 Å². The van der Waals surface area contributed by atoms with Crippen molar-refractivity contribution in [2.24, 2.45) is 0 Å². The van der Waals surface area contributed by atoms with E-state index in [2.05, 4.69) is 4.98 Å². The van der Waals surface area contributed by atoms with E-state index >= 15 is 0 Å². The Labute approximate surface area is 92.1 Å². The molecular weight excluding hydrogens is 214 g/mol. The second-order valence-electron chi connectivity index (χ2n) is 3.16. The van der Waals surface area contributed by atoms with Crippen molar-refractivity contribution in [3.05, 3.63) is 23.4 Å². The molecule has 6 nitrogen and oxygen atoms in total. The predicted molar refractivity (Wildman–Crippen MR) is 53.9 cm³/mol. The largest absolute Gasteiger partial charge is 0.481 e. The number of methoxy groups -OCH3 is 1. The van der Waals surface area contributed by atoms with Crippen LogP contribution in [0, 0.1) is 0 Å². The summed E-state index contributed by atoms with van der Waals surface area (Å²) >= 11 is 0. The number of rotatable bonds is 5. The van der Waals surface area contributed by atoms with Gasteiger partial charge in [0, 0.05) is 11.8 Å². The van der Waals surface area contributed by atoms with Crippen molar-refractivity contribution in [3.8, 4) is 5.88 Å². The van der Waals surface area contributed by atoms with E-state index in [-0.39, 0.29) is 12.5 Å². The molecule has 0 saturated heterocycles. The topological polar surface area (TPSA) is 99.9 Å². The quantitative estimate of drug-likeness (QED) is 0.659. The lowest BCUT2D eigenvalue weighted by Crippen LogP contribution is -2.09. The second kappa shape index (κ2) is 5.43. The Balaban J connectivity index is 3.07. The first kappa shape index (κ1) is 12.4. The van der Waals surface area contributed by atoms with Gasteiger partial charge in [-0.1, -0.05) is 0 Å². The van der Waals surface area contributed by atoms with Crippen molar-refractivity contribution >= 4 is 5.97 Å². The molecule has 1 aromatic rings. The first-order chi connectivity index (χ1) is 7.60. The molecule has 0 radical (unpaired) electrons. The molecule has 1 aromatic heterocycles. The smallest absolute Gasteiger partial charge is 0.306 e. The SMILES string of the molecule is COc1nccc(C(O)CC(=O)O)c1CO. The van der Waals surface area contributed by atoms with Crippen molar-refractivity contribution in [3.63, 3.8) is 0 Å². The number of aromatic nitrogens is 1. The number of hydrogen-bond acceptors (Lipinski definition) is 5. The van der Waals surface area contributed by atoms with Crippen LogP contribution in [0.5, 0.6) is 5.88 Å². The van der Waals surface area contributed by atoms with Gasteiger partial charge in [0.1, 0.15) is 0 Å². The maximum Gasteiger partial charge on any atom is 0.306 e. The number of pyridine rings is 1. The predicted octanol–water partition coefficient (Wildman–Crippen LogP) is 0.0906. The van der Waals surface area contributed by atoms with Crippen LogP contribution in [0.3, 0.4) is 0 Å². The van der Waals surface area contributed by atoms with Gasteiger partial charge in [0.2, 0.25) is 5.88 Å². The van der Waals surface area contributed by atoms with E-state index < -0.39 is 18.5 Å². The van der Waals surface area contributed by atoms with Crippen molar-refractivity contribution in [1.29, 1.82) is 0 Å². The summed E-state index contributed by atoms with van der Waals surface area (Å²) < 4.78 is 4.90. The molecule has 0 amide bonds. The summed E-state index contributed by atoms with van der Waals surface area (Å²) in [5.74, 6) is -0.934. The number of aliphatic hydroxyl groups is 2. The summed E-state index contributed by atoms with van der Waals surface area (Å²) in [6.07, 6.45) is -0.227. The highest BCUT2D eigenvalue weighted by atomic mass is 16.5. The fraction of sp³-hybridized carbons (Fsp3) is 0.400. The third-order valence-corrected chi connectivity index (χ3v) is 2.13. The molecule has 1 heterocycles. The van der Waals surface area contributed by atoms with Gasteiger partial charge in [-0.05, 0) is 11.6 Å². The monoisotopic (exact) mass is 227 g/mol. The summed E-state index contributed by atoms with van der Waals surface area (Å²) in [7, 11) is 1.38. The zero-order chi connectivity index (χ0) is 12.1. The molecule has 16 heavy (non-hydrogen) atoms. The fourth-order valence-electron chi connectivity index (χ4n) is 1.41. The van der Waals surface area contributed by atoms with Gasteiger partial charge in [0.15, 0.2) is 0 Å². The molecule has 0 aliphatic heterocycles. The van der Waals surface area contributed by atoms with Gasteiger partial charge < -0.3 is 20.1 Å². The Morgan fingerprint density at radius 3 is 2.81 bits per heavy atom. The van der Waals surface area contributed by atoms with Crippen LogP contribution in [0.4, 0.5) is 0 Å². The lowest BCUT2D eigenvalue weighted by Gasteiger charge is -2.14. The molecule has 0 aliphatic rings. The van der Waals surface area contributed by atoms with E-state index in [1.807, 2.05) is 0 Å². The average Bonchev–Trinajstić information content (AvgIpc) is 2.26. The van der Waals surface area contributed by atoms with E-state index in [9.17, 15) is 9.90 Å². The Morgan fingerprint density at radius 2 is 2.31 bits per heavy atom. The number of nitrogens with zero attached hydrogens (tertiary/aromatic N) is 1. The van der Waals surface area contributed by atoms with Crippen molar-refractivity contribution < 1.29 is 24.9 Å². The number of hydrogen-bond donors (Lipinski definition) is 3. The highest BCUT2D eigenvalue weighted by Gasteiger charge is 2.18. The zero-order valence-electron chi connectivity index (χ0n) is 8.75. The molecule has 0 spiro atoms. The standard InChI is InChI=1S/C10H13NO5/c1-16-10-7(5-12)6(2-3-11-10)8(13)4-9(14)15/h2-3,8,12-13H,4-5H2,1H3,(H,14,15). The highest BCUT2D eigenvalue weighted by molar-refractivity contribution is 5.67. The molecule has 1 unspecified atom stereocenters. The molecule has 3 N–H and O–H groups in total. The second-order valence-corrected chi connectivity index (χ2v) is 3.16. The van der Waals surface area contributed by atoms with Crippen LogP contribution in [-0.4, -0.2) is 33.4 Å². The molecule has 0 aliphatic carbocycles. The normalized spacial score (nSPS) is 12.2. The van der Waals surface area contributed by atoms with E-state index in [0.717, 1.165) is 0 Å². The van der Waals surface area contributed by atoms with Crippen molar-refractivity contribution in [1.82, 2.24) is 4.98 Å². The van der Waals surface area contributed by atoms with Gasteiger partial charge in [-0.25, -0.2) is 4.98 Å². The molecule has 0 bridgehead atoms. The minimum absolute atomic E-state index is 0.185. The Kier molecular flexibility index (Phi) is 4.21. The molecule has 88 valence electrons. The highest BCUT2D eigenvalue weighted by Crippen LogP contribution is 2.26. The Morgan fingerprint density at radius 1 is 1.62 bits per heavy atom. The van der Waals surface area contributed by atoms with Crippen LogP contribution in [0.25, 0.3) is 0 Å². The van der Waals surface area contributed by atoms with E-state index in [4.69, 9.17) is 14.9 Å². The first-order valence-electron chi connectivity index (χ1n) is 4.62. The number of carboxylic acids is 1. The van der Waals surface area contributed by atoms with Gasteiger partial charge in [-0.3, -0.25) is 4.79 Å². The van der Waals surface area contributed by atoms with Crippen LogP contribution >= 0.6 is 0 Å². The summed E-state index contributed by atoms with van der Waals surface area (Å²) in [5.41, 5.74) is 0.621. The van der Waals surface area contributed by atoms with Gasteiger partial charge >= 0.3 is 5.97 Å². The van der Waals surface area contributed by atoms with Crippen molar-refractivity contribution in [2.45, 2.75) is 19.1 Å². The fourth-order valence-corrected chi connectivity index (χ4v) is 1.41. The summed E-state index contributed by atoms with van der Waals surface area (Å²) in [6, 6.07) is 1.46. The Hall–Kier alpha value is -1.66. The number of carbonyl (C=O) groups is 1. The van der Waals surface area contributed by atoms with Crippen LogP contribution < -0.4 is 4.74 Å². The molecule has 1 atom stereocenters. The minimum Gasteiger partial charge on any atom is -0.481 e. The lowest BCUT2D eigenvalue weighted by atomic mass is 10.0. The van der Waals surface area contributed by atoms with Gasteiger partial charge in [-0.15, -0.1) is 0 Å². The third-order valence-electron chi connectivity index (χ3n) is 2.13. The van der Waals surface area contributed by atoms with Crippen LogP contribution in [0.15, 0.2) is 12.3 Å². The lowest BCUT2D eigenvalue weighted by molar-refractivity contribution is -0.139. The molecular formula is C10H13NO5. The van der Waals surface area contributed by atoms with Crippen LogP contribution in [-0.2, 0) is 11.4 Å². The Bertz CT molecular complexity index is 379. The van der Waals surface area contributed by atoms with Crippen LogP contribution in [0.1, 0.15) is 23.7 Å². The number of ether oxygens (including phenoxy) is 1. The van der Waals surface area contributed by atoms with Crippen molar-refractivity contribution in [2.75, 3.05) is 7.11 Å². The minimum atomic E-state index is -1.18. The summed E-state index contributed by atoms with van der Waals surface area (Å²) in [5, 5.41) is 27.3. The summed E-state index contributed by atoms with van der Waals surface area (Å²) in [6.45, 7) is -0.372. The van der Waals surface area contributed by atoms with Gasteiger partial charge in [0.05, 0.1) is 26.2 Å². The first-order valence-corrected chi connectivity index (χ1v) is 4.62. The van der Waals surface area contributed by atoms with E-state index in [0.29, 0.717) is 11.1 Å². The molecule has 6 heteroatoms. The zero-order valence-corrected chi connectivity index (χ0v) is 8.75. The van der Waals surface area contributed by atoms with Gasteiger partial charge in [0.25, 0.3) is 0 Å². The average molecular weight is 227 g/mol. The molecule has 0 saturated carbocycles. The number of carboxylic acid groups (broad SMARTS) is 1. The molecule has 0 aromatic carbocycles. The number of aliphatic carboxylic acids is 1. The maximum absolute atomic E-state index is 10.5. The van der Waals surface area contributed by atoms with E-state index in [1.54, 1.807) is 0 Å². The molecule has 1 rings (SSSR count). The molecule has 0 fully saturated rings. The van der Waals surface area contributed by atoms with Crippen LogP contribution in [0.2, 0.25) is 0 Å². The number of aliphatic hydroxyl groups excluding tert-OH is 2. The summed E-state index contributed by atoms with van der Waals surface area (Å²) in [4.78, 5) is 14.3. The third kappa shape index (κ3) is 2.68. The van der Waals surface area contributed by atoms with Gasteiger partial charge in [-0.2, -0.15) is 0 Å². The maximum atomic E-state index is 10.5.